The van der Waals surface area contributed by atoms with Crippen LogP contribution >= 0.6 is 0 Å². The molecular formula is C17H24N2O5S. The highest BCUT2D eigenvalue weighted by Crippen LogP contribution is 2.25. The third-order valence-corrected chi connectivity index (χ3v) is 5.86. The molecule has 0 radical (unpaired) electrons. The second kappa shape index (κ2) is 8.33. The van der Waals surface area contributed by atoms with E-state index >= 15 is 0 Å². The summed E-state index contributed by atoms with van der Waals surface area (Å²) in [7, 11) is -3.92. The Morgan fingerprint density at radius 3 is 2.32 bits per heavy atom. The first-order valence-corrected chi connectivity index (χ1v) is 10.0. The largest absolute Gasteiger partial charge is 0.480 e. The van der Waals surface area contributed by atoms with Gasteiger partial charge in [-0.2, -0.15) is 0 Å². The number of Topliss-reactive ketones (excluding diaryl/α,β-unsaturated/α-hetero) is 1. The molecule has 0 spiro atoms. The van der Waals surface area contributed by atoms with Gasteiger partial charge in [-0.25, -0.2) is 8.42 Å². The summed E-state index contributed by atoms with van der Waals surface area (Å²) < 4.78 is 25.9. The van der Waals surface area contributed by atoms with Crippen LogP contribution in [-0.4, -0.2) is 50.7 Å². The standard InChI is InChI=1S/C17H24N2O5S/c1-2-3-10-19(25(23,24)13-17(21)22)15-6-4-14(5-7-15)18-11-8-16(20)9-12-18/h4-7H,2-3,8-13H2,1H3,(H,21,22). The lowest BCUT2D eigenvalue weighted by atomic mass is 10.1. The maximum absolute atomic E-state index is 12.4. The molecule has 0 aromatic heterocycles. The van der Waals surface area contributed by atoms with Gasteiger partial charge in [-0.05, 0) is 30.7 Å². The van der Waals surface area contributed by atoms with Gasteiger partial charge in [0.2, 0.25) is 10.0 Å². The highest BCUT2D eigenvalue weighted by Gasteiger charge is 2.25. The van der Waals surface area contributed by atoms with Crippen LogP contribution in [0.4, 0.5) is 11.4 Å². The number of ketones is 1. The van der Waals surface area contributed by atoms with Gasteiger partial charge in [-0.3, -0.25) is 13.9 Å². The van der Waals surface area contributed by atoms with Crippen molar-refractivity contribution in [2.75, 3.05) is 34.6 Å². The van der Waals surface area contributed by atoms with E-state index in [0.29, 0.717) is 38.0 Å². The number of hydrogen-bond acceptors (Lipinski definition) is 5. The number of benzene rings is 1. The first-order chi connectivity index (χ1) is 11.8. The van der Waals surface area contributed by atoms with Gasteiger partial charge in [0.15, 0.2) is 5.75 Å². The zero-order valence-electron chi connectivity index (χ0n) is 14.3. The normalized spacial score (nSPS) is 15.2. The summed E-state index contributed by atoms with van der Waals surface area (Å²) in [5, 5.41) is 8.87. The van der Waals surface area contributed by atoms with Crippen LogP contribution in [0.15, 0.2) is 24.3 Å². The minimum Gasteiger partial charge on any atom is -0.480 e. The number of carbonyl (C=O) groups is 2. The number of hydrogen-bond donors (Lipinski definition) is 1. The van der Waals surface area contributed by atoms with Crippen LogP contribution < -0.4 is 9.21 Å². The molecule has 0 atom stereocenters. The number of sulfonamides is 1. The van der Waals surface area contributed by atoms with Crippen molar-refractivity contribution in [2.45, 2.75) is 32.6 Å². The number of nitrogens with zero attached hydrogens (tertiary/aromatic N) is 2. The summed E-state index contributed by atoms with van der Waals surface area (Å²) in [5.74, 6) is -2.03. The van der Waals surface area contributed by atoms with Gasteiger partial charge in [0.05, 0.1) is 5.69 Å². The van der Waals surface area contributed by atoms with E-state index in [1.54, 1.807) is 12.1 Å². The summed E-state index contributed by atoms with van der Waals surface area (Å²) in [6.45, 7) is 3.52. The Labute approximate surface area is 148 Å². The number of carboxylic acids is 1. The number of carbonyl (C=O) groups excluding carboxylic acids is 1. The molecule has 0 saturated carbocycles. The van der Waals surface area contributed by atoms with E-state index < -0.39 is 21.7 Å². The highest BCUT2D eigenvalue weighted by atomic mass is 32.2. The molecule has 1 aromatic rings. The third kappa shape index (κ3) is 5.19. The van der Waals surface area contributed by atoms with E-state index in [0.717, 1.165) is 12.1 Å². The molecule has 0 unspecified atom stereocenters. The van der Waals surface area contributed by atoms with E-state index in [9.17, 15) is 18.0 Å². The van der Waals surface area contributed by atoms with E-state index in [1.165, 1.54) is 4.31 Å². The Morgan fingerprint density at radius 2 is 1.80 bits per heavy atom. The van der Waals surface area contributed by atoms with Crippen molar-refractivity contribution in [1.29, 1.82) is 0 Å². The molecule has 8 heteroatoms. The average molecular weight is 368 g/mol. The molecule has 0 bridgehead atoms. The monoisotopic (exact) mass is 368 g/mol. The van der Waals surface area contributed by atoms with Crippen LogP contribution in [0, 0.1) is 0 Å². The van der Waals surface area contributed by atoms with Gasteiger partial charge >= 0.3 is 5.97 Å². The zero-order valence-corrected chi connectivity index (χ0v) is 15.2. The topological polar surface area (TPSA) is 95.0 Å². The maximum atomic E-state index is 12.4. The molecule has 1 aromatic carbocycles. The molecule has 25 heavy (non-hydrogen) atoms. The van der Waals surface area contributed by atoms with Crippen LogP contribution in [0.3, 0.4) is 0 Å². The quantitative estimate of drug-likeness (QED) is 0.753. The lowest BCUT2D eigenvalue weighted by Gasteiger charge is -2.29. The smallest absolute Gasteiger partial charge is 0.320 e. The Hall–Kier alpha value is -2.09. The summed E-state index contributed by atoms with van der Waals surface area (Å²) in [6, 6.07) is 7.03. The van der Waals surface area contributed by atoms with Gasteiger partial charge in [0, 0.05) is 38.2 Å². The predicted octanol–water partition coefficient (Wildman–Crippen LogP) is 1.88. The Balaban J connectivity index is 2.20. The minimum atomic E-state index is -3.92. The van der Waals surface area contributed by atoms with E-state index in [-0.39, 0.29) is 12.3 Å². The second-order valence-electron chi connectivity index (χ2n) is 6.12. The fraction of sp³-hybridized carbons (Fsp3) is 0.529. The van der Waals surface area contributed by atoms with Crippen molar-refractivity contribution in [1.82, 2.24) is 0 Å². The number of unbranched alkanes of at least 4 members (excludes halogenated alkanes) is 1. The lowest BCUT2D eigenvalue weighted by molar-refractivity contribution is -0.134. The van der Waals surface area contributed by atoms with E-state index in [4.69, 9.17) is 5.11 Å². The highest BCUT2D eigenvalue weighted by molar-refractivity contribution is 7.93. The van der Waals surface area contributed by atoms with Crippen LogP contribution in [0.25, 0.3) is 0 Å². The maximum Gasteiger partial charge on any atom is 0.320 e. The number of anilines is 2. The fourth-order valence-corrected chi connectivity index (χ4v) is 4.13. The van der Waals surface area contributed by atoms with E-state index in [2.05, 4.69) is 4.90 Å². The Bertz CT molecular complexity index is 705. The Kier molecular flexibility index (Phi) is 6.41. The van der Waals surface area contributed by atoms with Crippen LogP contribution in [-0.2, 0) is 19.6 Å². The molecule has 138 valence electrons. The van der Waals surface area contributed by atoms with Gasteiger partial charge in [-0.15, -0.1) is 0 Å². The summed E-state index contributed by atoms with van der Waals surface area (Å²) in [6.07, 6.45) is 2.50. The number of aliphatic carboxylic acids is 1. The summed E-state index contributed by atoms with van der Waals surface area (Å²) in [4.78, 5) is 24.3. The van der Waals surface area contributed by atoms with Gasteiger partial charge < -0.3 is 10.0 Å². The lowest BCUT2D eigenvalue weighted by Crippen LogP contribution is -2.36. The molecule has 7 nitrogen and oxygen atoms in total. The number of rotatable bonds is 8. The molecule has 0 amide bonds. The summed E-state index contributed by atoms with van der Waals surface area (Å²) >= 11 is 0. The third-order valence-electron chi connectivity index (χ3n) is 4.18. The second-order valence-corrected chi connectivity index (χ2v) is 8.01. The van der Waals surface area contributed by atoms with Gasteiger partial charge in [0.1, 0.15) is 5.78 Å². The SMILES string of the molecule is CCCCN(c1ccc(N2CCC(=O)CC2)cc1)S(=O)(=O)CC(=O)O. The first kappa shape index (κ1) is 19.2. The molecular weight excluding hydrogens is 344 g/mol. The van der Waals surface area contributed by atoms with Crippen LogP contribution in [0.1, 0.15) is 32.6 Å². The van der Waals surface area contributed by atoms with Crippen molar-refractivity contribution < 1.29 is 23.1 Å². The molecule has 1 aliphatic heterocycles. The number of carboxylic acid groups (broad SMARTS) is 1. The molecule has 0 aliphatic carbocycles. The van der Waals surface area contributed by atoms with Crippen molar-refractivity contribution in [3.05, 3.63) is 24.3 Å². The van der Waals surface area contributed by atoms with E-state index in [1.807, 2.05) is 19.1 Å². The average Bonchev–Trinajstić information content (AvgIpc) is 2.55. The molecule has 2 rings (SSSR count). The van der Waals surface area contributed by atoms with Crippen LogP contribution in [0.2, 0.25) is 0 Å². The van der Waals surface area contributed by atoms with Crippen LogP contribution in [0.5, 0.6) is 0 Å². The first-order valence-electron chi connectivity index (χ1n) is 8.42. The minimum absolute atomic E-state index is 0.254. The van der Waals surface area contributed by atoms with Crippen molar-refractivity contribution >= 4 is 33.2 Å². The predicted molar refractivity (Wildman–Crippen MR) is 96.6 cm³/mol. The van der Waals surface area contributed by atoms with Crippen molar-refractivity contribution in [3.8, 4) is 0 Å². The molecule has 1 N–H and O–H groups in total. The molecule has 1 aliphatic rings. The fourth-order valence-electron chi connectivity index (χ4n) is 2.81. The molecule has 1 fully saturated rings. The molecule has 1 saturated heterocycles. The zero-order chi connectivity index (χ0) is 18.4. The van der Waals surface area contributed by atoms with Gasteiger partial charge in [0.25, 0.3) is 0 Å². The van der Waals surface area contributed by atoms with Crippen molar-refractivity contribution in [3.63, 3.8) is 0 Å². The summed E-state index contributed by atoms with van der Waals surface area (Å²) in [5.41, 5.74) is 1.40. The van der Waals surface area contributed by atoms with Crippen molar-refractivity contribution in [2.24, 2.45) is 0 Å². The van der Waals surface area contributed by atoms with Gasteiger partial charge in [-0.1, -0.05) is 13.3 Å². The number of piperidine rings is 1. The Morgan fingerprint density at radius 1 is 1.20 bits per heavy atom. The molecule has 1 heterocycles.